The number of nitrogens with zero attached hydrogens (tertiary/aromatic N) is 7. The summed E-state index contributed by atoms with van der Waals surface area (Å²) in [5, 5.41) is 6.16. The lowest BCUT2D eigenvalue weighted by Crippen LogP contribution is -2.44. The van der Waals surface area contributed by atoms with Gasteiger partial charge in [-0.25, -0.2) is 9.97 Å². The van der Waals surface area contributed by atoms with Gasteiger partial charge in [0, 0.05) is 38.1 Å². The number of nitrogens with one attached hydrogen (secondary N) is 2. The van der Waals surface area contributed by atoms with Crippen molar-refractivity contribution in [2.75, 3.05) is 48.8 Å². The monoisotopic (exact) mass is 483 g/mol. The number of aromatic nitrogens is 5. The van der Waals surface area contributed by atoms with Gasteiger partial charge < -0.3 is 20.4 Å². The number of pyridine rings is 1. The van der Waals surface area contributed by atoms with Crippen LogP contribution < -0.4 is 21.1 Å². The first kappa shape index (κ1) is 23.1. The Morgan fingerprint density at radius 3 is 2.61 bits per heavy atom. The van der Waals surface area contributed by atoms with E-state index in [2.05, 4.69) is 54.0 Å². The summed E-state index contributed by atoms with van der Waals surface area (Å²) in [5.41, 5.74) is 1.91. The highest BCUT2D eigenvalue weighted by Crippen LogP contribution is 2.21. The maximum atomic E-state index is 12.4. The van der Waals surface area contributed by atoms with E-state index in [0.29, 0.717) is 23.0 Å². The standard InChI is InChI=1S/C25H25N9O2/c1-3-22(35)29-17-5-4-6-19(13-17)34-16-28-24(36)20-15-27-25(31-23(20)34)30-18-7-8-21(26-14-18)33-11-9-32(2)10-12-33/h3-8,13-16H,1,9-12H2,2H3,(H,29,35)(H,27,30,31). The van der Waals surface area contributed by atoms with Gasteiger partial charge in [-0.05, 0) is 43.5 Å². The first-order valence-corrected chi connectivity index (χ1v) is 11.4. The number of anilines is 4. The van der Waals surface area contributed by atoms with E-state index >= 15 is 0 Å². The molecule has 5 rings (SSSR count). The number of piperazine rings is 1. The van der Waals surface area contributed by atoms with Gasteiger partial charge in [0.05, 0.1) is 17.6 Å². The zero-order chi connectivity index (χ0) is 25.1. The topological polar surface area (TPSA) is 121 Å². The quantitative estimate of drug-likeness (QED) is 0.398. The van der Waals surface area contributed by atoms with Crippen LogP contribution in [0.2, 0.25) is 0 Å². The molecular weight excluding hydrogens is 458 g/mol. The number of likely N-dealkylation sites (N-methyl/N-ethyl adjacent to an activating group) is 1. The van der Waals surface area contributed by atoms with E-state index in [-0.39, 0.29) is 11.3 Å². The molecule has 1 aromatic carbocycles. The molecule has 1 saturated heterocycles. The second-order valence-corrected chi connectivity index (χ2v) is 8.41. The van der Waals surface area contributed by atoms with E-state index in [1.165, 1.54) is 18.6 Å². The van der Waals surface area contributed by atoms with Gasteiger partial charge in [-0.2, -0.15) is 9.97 Å². The van der Waals surface area contributed by atoms with E-state index in [9.17, 15) is 9.59 Å². The smallest absolute Gasteiger partial charge is 0.283 e. The molecule has 1 amide bonds. The van der Waals surface area contributed by atoms with Gasteiger partial charge >= 0.3 is 0 Å². The minimum absolute atomic E-state index is 0.270. The van der Waals surface area contributed by atoms with Crippen LogP contribution in [0.25, 0.3) is 16.7 Å². The summed E-state index contributed by atoms with van der Waals surface area (Å²) >= 11 is 0. The van der Waals surface area contributed by atoms with Crippen LogP contribution in [0.15, 0.2) is 72.6 Å². The van der Waals surface area contributed by atoms with Crippen LogP contribution in [0.1, 0.15) is 0 Å². The summed E-state index contributed by atoms with van der Waals surface area (Å²) in [7, 11) is 2.12. The molecule has 11 heteroatoms. The maximum absolute atomic E-state index is 12.4. The number of amides is 1. The lowest BCUT2D eigenvalue weighted by atomic mass is 10.2. The number of carbonyl (C=O) groups excluding carboxylic acids is 1. The molecule has 0 bridgehead atoms. The average molecular weight is 484 g/mol. The number of carbonyl (C=O) groups is 1. The van der Waals surface area contributed by atoms with E-state index < -0.39 is 5.56 Å². The third-order valence-electron chi connectivity index (χ3n) is 5.93. The molecule has 0 atom stereocenters. The van der Waals surface area contributed by atoms with Crippen molar-refractivity contribution in [2.24, 2.45) is 0 Å². The van der Waals surface area contributed by atoms with Gasteiger partial charge in [-0.3, -0.25) is 14.2 Å². The number of hydrogen-bond donors (Lipinski definition) is 2. The highest BCUT2D eigenvalue weighted by atomic mass is 16.1. The Bertz CT molecular complexity index is 1480. The highest BCUT2D eigenvalue weighted by molar-refractivity contribution is 5.99. The fraction of sp³-hybridized carbons (Fsp3) is 0.200. The largest absolute Gasteiger partial charge is 0.354 e. The molecule has 1 aliphatic rings. The molecule has 4 heterocycles. The molecule has 36 heavy (non-hydrogen) atoms. The average Bonchev–Trinajstić information content (AvgIpc) is 2.90. The van der Waals surface area contributed by atoms with Crippen LogP contribution >= 0.6 is 0 Å². The number of benzene rings is 1. The van der Waals surface area contributed by atoms with Crippen molar-refractivity contribution in [3.63, 3.8) is 0 Å². The van der Waals surface area contributed by atoms with Gasteiger partial charge in [0.1, 0.15) is 17.5 Å². The number of fused-ring (bicyclic) bond motifs is 1. The number of hydrogen-bond acceptors (Lipinski definition) is 9. The molecular formula is C25H25N9O2. The minimum atomic E-state index is -0.429. The lowest BCUT2D eigenvalue weighted by Gasteiger charge is -2.33. The fourth-order valence-electron chi connectivity index (χ4n) is 3.93. The van der Waals surface area contributed by atoms with Crippen molar-refractivity contribution < 1.29 is 4.79 Å². The summed E-state index contributed by atoms with van der Waals surface area (Å²) in [6, 6.07) is 11.0. The van der Waals surface area contributed by atoms with Gasteiger partial charge in [0.2, 0.25) is 11.9 Å². The van der Waals surface area contributed by atoms with Crippen molar-refractivity contribution in [1.29, 1.82) is 0 Å². The minimum Gasteiger partial charge on any atom is -0.354 e. The molecule has 3 aromatic heterocycles. The summed E-state index contributed by atoms with van der Waals surface area (Å²) in [4.78, 5) is 46.1. The molecule has 4 aromatic rings. The van der Waals surface area contributed by atoms with Crippen molar-refractivity contribution >= 4 is 40.1 Å². The highest BCUT2D eigenvalue weighted by Gasteiger charge is 2.15. The lowest BCUT2D eigenvalue weighted by molar-refractivity contribution is -0.111. The Morgan fingerprint density at radius 2 is 1.86 bits per heavy atom. The van der Waals surface area contributed by atoms with Crippen LogP contribution in [0.3, 0.4) is 0 Å². The Hall–Kier alpha value is -4.64. The van der Waals surface area contributed by atoms with E-state index in [1.807, 2.05) is 18.2 Å². The van der Waals surface area contributed by atoms with Crippen molar-refractivity contribution in [1.82, 2.24) is 29.4 Å². The zero-order valence-electron chi connectivity index (χ0n) is 19.8. The predicted molar refractivity (Wildman–Crippen MR) is 139 cm³/mol. The van der Waals surface area contributed by atoms with Crippen molar-refractivity contribution in [3.05, 3.63) is 78.1 Å². The second-order valence-electron chi connectivity index (χ2n) is 8.41. The van der Waals surface area contributed by atoms with Crippen LogP contribution in [-0.4, -0.2) is 68.5 Å². The van der Waals surface area contributed by atoms with Crippen LogP contribution in [0, 0.1) is 0 Å². The van der Waals surface area contributed by atoms with Crippen molar-refractivity contribution in [2.45, 2.75) is 0 Å². The normalized spacial score (nSPS) is 14.0. The Morgan fingerprint density at radius 1 is 1.03 bits per heavy atom. The van der Waals surface area contributed by atoms with Crippen molar-refractivity contribution in [3.8, 4) is 5.69 Å². The molecule has 0 unspecified atom stereocenters. The summed E-state index contributed by atoms with van der Waals surface area (Å²) in [5.74, 6) is 0.916. The molecule has 0 radical (unpaired) electrons. The van der Waals surface area contributed by atoms with E-state index in [4.69, 9.17) is 0 Å². The first-order valence-electron chi connectivity index (χ1n) is 11.4. The molecule has 1 aliphatic heterocycles. The van der Waals surface area contributed by atoms with Crippen LogP contribution in [0.4, 0.5) is 23.1 Å². The summed E-state index contributed by atoms with van der Waals surface area (Å²) in [6.07, 6.45) is 5.79. The van der Waals surface area contributed by atoms with Crippen LogP contribution in [-0.2, 0) is 4.79 Å². The van der Waals surface area contributed by atoms with Crippen LogP contribution in [0.5, 0.6) is 0 Å². The maximum Gasteiger partial charge on any atom is 0.283 e. The molecule has 1 fully saturated rings. The second kappa shape index (κ2) is 9.92. The first-order chi connectivity index (χ1) is 17.5. The van der Waals surface area contributed by atoms with E-state index in [0.717, 1.165) is 37.7 Å². The molecule has 2 N–H and O–H groups in total. The molecule has 0 aliphatic carbocycles. The third kappa shape index (κ3) is 4.91. The van der Waals surface area contributed by atoms with Gasteiger partial charge in [0.15, 0.2) is 5.65 Å². The van der Waals surface area contributed by atoms with Gasteiger partial charge in [-0.15, -0.1) is 0 Å². The van der Waals surface area contributed by atoms with Gasteiger partial charge in [0.25, 0.3) is 5.56 Å². The summed E-state index contributed by atoms with van der Waals surface area (Å²) < 4.78 is 1.67. The SMILES string of the molecule is C=CC(=O)Nc1cccc(-n2cnc(=O)c3cnc(Nc4ccc(N5CCN(C)CC5)nc4)nc32)c1. The molecule has 0 saturated carbocycles. The molecule has 182 valence electrons. The Labute approximate surface area is 207 Å². The Kier molecular flexibility index (Phi) is 6.37. The zero-order valence-corrected chi connectivity index (χ0v) is 19.8. The molecule has 11 nitrogen and oxygen atoms in total. The molecule has 0 spiro atoms. The summed E-state index contributed by atoms with van der Waals surface area (Å²) in [6.45, 7) is 7.36. The fourth-order valence-corrected chi connectivity index (χ4v) is 3.93. The van der Waals surface area contributed by atoms with Gasteiger partial charge in [-0.1, -0.05) is 12.6 Å². The predicted octanol–water partition coefficient (Wildman–Crippen LogP) is 2.19. The number of rotatable bonds is 6. The Balaban J connectivity index is 1.43. The van der Waals surface area contributed by atoms with E-state index in [1.54, 1.807) is 29.0 Å². The third-order valence-corrected chi connectivity index (χ3v) is 5.93.